The monoisotopic (exact) mass is 822 g/mol. The molecule has 4 aliphatic heterocycles. The van der Waals surface area contributed by atoms with Gasteiger partial charge in [0.1, 0.15) is 11.6 Å². The summed E-state index contributed by atoms with van der Waals surface area (Å²) in [5.41, 5.74) is 4.27. The molecule has 4 bridgehead atoms. The van der Waals surface area contributed by atoms with E-state index in [2.05, 4.69) is 20.4 Å². The van der Waals surface area contributed by atoms with Crippen LogP contribution >= 0.6 is 0 Å². The fourth-order valence-corrected chi connectivity index (χ4v) is 9.85. The lowest BCUT2D eigenvalue weighted by Gasteiger charge is -2.35. The molecule has 8 rings (SSSR count). The second-order valence-corrected chi connectivity index (χ2v) is 16.0. The number of carbonyl (C=O) groups excluding carboxylic acids is 2. The molecular weight excluding hydrogens is 771 g/mol. The van der Waals surface area contributed by atoms with Crippen molar-refractivity contribution in [3.8, 4) is 0 Å². The number of likely N-dealkylation sites (N-methyl/N-ethyl adjacent to an activating group) is 2. The number of nitrogens with zero attached hydrogens (tertiary/aromatic N) is 4. The van der Waals surface area contributed by atoms with Gasteiger partial charge in [-0.2, -0.15) is 0 Å². The molecule has 2 saturated heterocycles. The van der Waals surface area contributed by atoms with Gasteiger partial charge in [-0.25, -0.2) is 8.78 Å². The molecule has 14 heteroatoms. The molecule has 0 radical (unpaired) electrons. The first-order valence-electron chi connectivity index (χ1n) is 20.3. The summed E-state index contributed by atoms with van der Waals surface area (Å²) in [5, 5.41) is 26.1. The normalized spacial score (nSPS) is 25.5. The first kappa shape index (κ1) is 42.6. The van der Waals surface area contributed by atoms with Gasteiger partial charge in [-0.05, 0) is 87.6 Å². The number of pyridine rings is 2. The highest BCUT2D eigenvalue weighted by Gasteiger charge is 2.55. The van der Waals surface area contributed by atoms with Gasteiger partial charge in [-0.3, -0.25) is 29.0 Å². The van der Waals surface area contributed by atoms with Gasteiger partial charge < -0.3 is 30.0 Å². The summed E-state index contributed by atoms with van der Waals surface area (Å²) in [7, 11) is 3.89. The Bertz CT molecular complexity index is 2230. The number of benzene rings is 2. The Morgan fingerprint density at radius 3 is 1.33 bits per heavy atom. The largest absolute Gasteiger partial charge is 0.396 e. The smallest absolute Gasteiger partial charge is 0.258 e. The fourth-order valence-electron chi connectivity index (χ4n) is 9.85. The Kier molecular flexibility index (Phi) is 12.8. The molecule has 6 heterocycles. The van der Waals surface area contributed by atoms with Crippen molar-refractivity contribution < 1.29 is 28.6 Å². The van der Waals surface area contributed by atoms with Gasteiger partial charge in [0.15, 0.2) is 0 Å². The molecule has 0 saturated carbocycles. The Morgan fingerprint density at radius 2 is 1.00 bits per heavy atom. The molecule has 8 atom stereocenters. The standard InChI is InChI=1S/2C23H26FN3O3/c2*1-3-4-15-7-10-18-21-20(22(29)25-11-14-5-8-16(24)9-6-14)17(13-28)19(26(21)2)12-27(18)23(15)30/h2*3-10,17,19-21,28H,11-13H2,1-2H3,(H,25,29)/b4-3+;4-3-/t2*17-,19-,20+,21+/m00/s1. The number of carbonyl (C=O) groups is 2. The second kappa shape index (κ2) is 18.0. The van der Waals surface area contributed by atoms with Gasteiger partial charge in [-0.1, -0.05) is 48.6 Å². The van der Waals surface area contributed by atoms with Crippen molar-refractivity contribution in [1.29, 1.82) is 0 Å². The lowest BCUT2D eigenvalue weighted by molar-refractivity contribution is -0.128. The van der Waals surface area contributed by atoms with Crippen molar-refractivity contribution in [1.82, 2.24) is 29.6 Å². The van der Waals surface area contributed by atoms with E-state index < -0.39 is 11.8 Å². The molecule has 2 amide bonds. The first-order chi connectivity index (χ1) is 28.9. The van der Waals surface area contributed by atoms with E-state index in [0.717, 1.165) is 22.5 Å². The zero-order valence-corrected chi connectivity index (χ0v) is 34.2. The Hall–Kier alpha value is -5.54. The van der Waals surface area contributed by atoms with E-state index in [1.165, 1.54) is 24.3 Å². The van der Waals surface area contributed by atoms with Crippen molar-refractivity contribution in [3.05, 3.63) is 151 Å². The van der Waals surface area contributed by atoms with Crippen LogP contribution in [0.1, 0.15) is 59.6 Å². The number of hydrogen-bond donors (Lipinski definition) is 4. The summed E-state index contributed by atoms with van der Waals surface area (Å²) in [4.78, 5) is 56.5. The summed E-state index contributed by atoms with van der Waals surface area (Å²) in [6, 6.07) is 18.6. The molecule has 0 aliphatic carbocycles. The summed E-state index contributed by atoms with van der Waals surface area (Å²) in [6.45, 7) is 4.91. The third-order valence-corrected chi connectivity index (χ3v) is 12.8. The molecule has 12 nitrogen and oxygen atoms in total. The van der Waals surface area contributed by atoms with E-state index in [4.69, 9.17) is 0 Å². The minimum Gasteiger partial charge on any atom is -0.396 e. The van der Waals surface area contributed by atoms with Crippen molar-refractivity contribution in [2.45, 2.75) is 64.2 Å². The number of hydrogen-bond acceptors (Lipinski definition) is 8. The van der Waals surface area contributed by atoms with Crippen LogP contribution in [0.4, 0.5) is 8.78 Å². The third-order valence-electron chi connectivity index (χ3n) is 12.8. The number of aliphatic hydroxyl groups excluding tert-OH is 2. The fraction of sp³-hybridized carbons (Fsp3) is 0.391. The van der Waals surface area contributed by atoms with Crippen molar-refractivity contribution in [3.63, 3.8) is 0 Å². The predicted molar refractivity (Wildman–Crippen MR) is 224 cm³/mol. The quantitative estimate of drug-likeness (QED) is 0.189. The van der Waals surface area contributed by atoms with Crippen molar-refractivity contribution >= 4 is 24.0 Å². The number of aliphatic hydroxyl groups is 2. The maximum absolute atomic E-state index is 13.2. The lowest BCUT2D eigenvalue weighted by atomic mass is 9.86. The zero-order valence-electron chi connectivity index (χ0n) is 34.2. The van der Waals surface area contributed by atoms with E-state index in [0.29, 0.717) is 24.2 Å². The average molecular weight is 823 g/mol. The topological polar surface area (TPSA) is 149 Å². The molecule has 4 N–H and O–H groups in total. The Balaban J connectivity index is 0.000000181. The number of amides is 2. The van der Waals surface area contributed by atoms with Crippen LogP contribution in [0.2, 0.25) is 0 Å². The van der Waals surface area contributed by atoms with Crippen LogP contribution in [0, 0.1) is 35.3 Å². The van der Waals surface area contributed by atoms with Crippen LogP contribution in [0.5, 0.6) is 0 Å². The molecule has 60 heavy (non-hydrogen) atoms. The predicted octanol–water partition coefficient (Wildman–Crippen LogP) is 3.86. The van der Waals surface area contributed by atoms with Crippen LogP contribution in [0.3, 0.4) is 0 Å². The molecule has 0 unspecified atom stereocenters. The number of halogens is 2. The van der Waals surface area contributed by atoms with E-state index >= 15 is 0 Å². The number of nitrogens with one attached hydrogen (secondary N) is 2. The van der Waals surface area contributed by atoms with Gasteiger partial charge in [-0.15, -0.1) is 0 Å². The van der Waals surface area contributed by atoms with Crippen LogP contribution in [-0.4, -0.2) is 80.4 Å². The summed E-state index contributed by atoms with van der Waals surface area (Å²) in [6.07, 6.45) is 7.23. The molecule has 2 fully saturated rings. The minimum atomic E-state index is -0.480. The first-order valence-corrected chi connectivity index (χ1v) is 20.3. The molecule has 2 aromatic carbocycles. The van der Waals surface area contributed by atoms with E-state index in [1.807, 2.05) is 52.2 Å². The number of rotatable bonds is 10. The highest BCUT2D eigenvalue weighted by molar-refractivity contribution is 5.81. The van der Waals surface area contributed by atoms with Crippen LogP contribution in [-0.2, 0) is 35.8 Å². The molecular formula is C46H52F2N6O6. The summed E-state index contributed by atoms with van der Waals surface area (Å²) in [5.74, 6) is -2.51. The number of fused-ring (bicyclic) bond motifs is 8. The van der Waals surface area contributed by atoms with Crippen LogP contribution < -0.4 is 21.8 Å². The van der Waals surface area contributed by atoms with Gasteiger partial charge >= 0.3 is 0 Å². The Morgan fingerprint density at radius 1 is 0.633 bits per heavy atom. The molecule has 4 aliphatic rings. The van der Waals surface area contributed by atoms with Crippen molar-refractivity contribution in [2.24, 2.45) is 23.7 Å². The average Bonchev–Trinajstić information content (AvgIpc) is 3.53. The van der Waals surface area contributed by atoms with Gasteiger partial charge in [0.2, 0.25) is 11.8 Å². The van der Waals surface area contributed by atoms with Crippen LogP contribution in [0.25, 0.3) is 12.2 Å². The highest BCUT2D eigenvalue weighted by atomic mass is 19.1. The maximum atomic E-state index is 13.2. The SMILES string of the molecule is C/C=C/c1ccc2n(c1=O)C[C@H]1[C@H](CO)[C@@H](C(=O)NCc3ccc(F)cc3)[C@@H]2N1C.C/C=C\c1ccc2n(c1=O)C[C@H]1[C@H](CO)[C@@H](C(=O)NCc3ccc(F)cc3)[C@@H]2N1C. The van der Waals surface area contributed by atoms with E-state index in [1.54, 1.807) is 57.7 Å². The summed E-state index contributed by atoms with van der Waals surface area (Å²) < 4.78 is 29.7. The summed E-state index contributed by atoms with van der Waals surface area (Å²) >= 11 is 0. The second-order valence-electron chi connectivity index (χ2n) is 16.0. The molecule has 4 aromatic rings. The van der Waals surface area contributed by atoms with Gasteiger partial charge in [0.05, 0.1) is 23.9 Å². The van der Waals surface area contributed by atoms with E-state index in [-0.39, 0.29) is 96.9 Å². The van der Waals surface area contributed by atoms with Gasteiger partial charge in [0, 0.05) is 85.8 Å². The third kappa shape index (κ3) is 7.92. The van der Waals surface area contributed by atoms with Crippen LogP contribution in [0.15, 0.2) is 94.5 Å². The highest BCUT2D eigenvalue weighted by Crippen LogP contribution is 2.48. The zero-order chi connectivity index (χ0) is 42.8. The minimum absolute atomic E-state index is 0.0715. The number of allylic oxidation sites excluding steroid dienone is 2. The lowest BCUT2D eigenvalue weighted by Crippen LogP contribution is -2.44. The number of aromatic nitrogens is 2. The molecule has 0 spiro atoms. The van der Waals surface area contributed by atoms with E-state index in [9.17, 15) is 38.2 Å². The Labute approximate surface area is 347 Å². The van der Waals surface area contributed by atoms with Gasteiger partial charge in [0.25, 0.3) is 11.1 Å². The molecule has 2 aromatic heterocycles. The maximum Gasteiger partial charge on any atom is 0.258 e. The molecule has 316 valence electrons. The van der Waals surface area contributed by atoms with Crippen molar-refractivity contribution in [2.75, 3.05) is 27.3 Å².